The molecule has 0 aliphatic heterocycles. The fraction of sp³-hybridized carbons (Fsp3) is 0.727. The first-order chi connectivity index (χ1) is 5.54. The first kappa shape index (κ1) is 8.43. The van der Waals surface area contributed by atoms with Crippen LogP contribution in [0.1, 0.15) is 33.6 Å². The minimum Gasteiger partial charge on any atom is -0.0925 e. The summed E-state index contributed by atoms with van der Waals surface area (Å²) in [7, 11) is 0. The van der Waals surface area contributed by atoms with Crippen LogP contribution in [-0.2, 0) is 0 Å². The molecule has 1 heteroatoms. The standard InChI is InChI=1S/C11H16S/c1-8-4-5-9-6-11(8,7-12)10(9,2)3/h4,7,9H,5-6H2,1-3H3. The van der Waals surface area contributed by atoms with Crippen LogP contribution in [-0.4, -0.2) is 5.37 Å². The summed E-state index contributed by atoms with van der Waals surface area (Å²) in [4.78, 5) is 0. The summed E-state index contributed by atoms with van der Waals surface area (Å²) in [6, 6.07) is 0. The van der Waals surface area contributed by atoms with Crippen molar-refractivity contribution in [3.05, 3.63) is 11.6 Å². The number of rotatable bonds is 1. The van der Waals surface area contributed by atoms with E-state index in [1.807, 2.05) is 5.37 Å². The van der Waals surface area contributed by atoms with Crippen molar-refractivity contribution in [3.63, 3.8) is 0 Å². The highest BCUT2D eigenvalue weighted by molar-refractivity contribution is 7.79. The Hall–Kier alpha value is -0.170. The number of hydrogen-bond acceptors (Lipinski definition) is 1. The Balaban J connectivity index is 2.48. The summed E-state index contributed by atoms with van der Waals surface area (Å²) in [5.74, 6) is 0.875. The van der Waals surface area contributed by atoms with Gasteiger partial charge in [0.15, 0.2) is 0 Å². The van der Waals surface area contributed by atoms with Crippen LogP contribution in [0.15, 0.2) is 11.6 Å². The molecule has 3 aliphatic rings. The van der Waals surface area contributed by atoms with Crippen molar-refractivity contribution in [1.82, 2.24) is 0 Å². The minimum absolute atomic E-state index is 0.269. The van der Waals surface area contributed by atoms with E-state index >= 15 is 0 Å². The van der Waals surface area contributed by atoms with E-state index in [1.165, 1.54) is 18.4 Å². The van der Waals surface area contributed by atoms with Crippen LogP contribution < -0.4 is 0 Å². The van der Waals surface area contributed by atoms with Gasteiger partial charge in [0.05, 0.1) is 0 Å². The lowest BCUT2D eigenvalue weighted by Crippen LogP contribution is -2.58. The quantitative estimate of drug-likeness (QED) is 0.440. The lowest BCUT2D eigenvalue weighted by atomic mass is 9.40. The van der Waals surface area contributed by atoms with Crippen LogP contribution in [0.5, 0.6) is 0 Å². The third-order valence-corrected chi connectivity index (χ3v) is 4.75. The van der Waals surface area contributed by atoms with Crippen LogP contribution in [0.3, 0.4) is 0 Å². The van der Waals surface area contributed by atoms with Gasteiger partial charge in [-0.05, 0) is 36.5 Å². The second-order valence-corrected chi connectivity index (χ2v) is 5.07. The Kier molecular flexibility index (Phi) is 1.54. The van der Waals surface area contributed by atoms with Crippen molar-refractivity contribution in [1.29, 1.82) is 0 Å². The highest BCUT2D eigenvalue weighted by Crippen LogP contribution is 2.66. The molecule has 3 rings (SSSR count). The van der Waals surface area contributed by atoms with E-state index < -0.39 is 0 Å². The number of fused-ring (bicyclic) bond motifs is 1. The first-order valence-electron chi connectivity index (χ1n) is 4.68. The minimum atomic E-state index is 0.269. The van der Waals surface area contributed by atoms with Gasteiger partial charge in [0, 0.05) is 5.41 Å². The Bertz CT molecular complexity index is 262. The maximum atomic E-state index is 5.18. The fourth-order valence-corrected chi connectivity index (χ4v) is 3.57. The monoisotopic (exact) mass is 180 g/mol. The molecular formula is C11H16S. The molecule has 0 heterocycles. The largest absolute Gasteiger partial charge is 0.0925 e. The molecule has 0 saturated heterocycles. The summed E-state index contributed by atoms with van der Waals surface area (Å²) in [6.07, 6.45) is 4.94. The lowest BCUT2D eigenvalue weighted by molar-refractivity contribution is -0.0462. The normalized spacial score (nSPS) is 42.9. The molecule has 0 aromatic carbocycles. The van der Waals surface area contributed by atoms with Crippen molar-refractivity contribution in [2.45, 2.75) is 33.6 Å². The van der Waals surface area contributed by atoms with Crippen LogP contribution in [0.4, 0.5) is 0 Å². The predicted molar refractivity (Wildman–Crippen MR) is 56.4 cm³/mol. The summed E-state index contributed by atoms with van der Waals surface area (Å²) in [5, 5.41) is 2.01. The summed E-state index contributed by atoms with van der Waals surface area (Å²) >= 11 is 5.18. The zero-order chi connectivity index (χ0) is 8.98. The van der Waals surface area contributed by atoms with Gasteiger partial charge in [-0.2, -0.15) is 0 Å². The molecule has 0 nitrogen and oxygen atoms in total. The molecule has 66 valence electrons. The van der Waals surface area contributed by atoms with Crippen LogP contribution in [0.25, 0.3) is 0 Å². The topological polar surface area (TPSA) is 0 Å². The van der Waals surface area contributed by atoms with Crippen LogP contribution in [0.2, 0.25) is 0 Å². The van der Waals surface area contributed by atoms with Crippen molar-refractivity contribution >= 4 is 17.6 Å². The molecule has 3 aliphatic carbocycles. The van der Waals surface area contributed by atoms with E-state index in [1.54, 1.807) is 0 Å². The zero-order valence-electron chi connectivity index (χ0n) is 8.05. The molecule has 2 bridgehead atoms. The van der Waals surface area contributed by atoms with Crippen molar-refractivity contribution < 1.29 is 0 Å². The predicted octanol–water partition coefficient (Wildman–Crippen LogP) is 3.37. The van der Waals surface area contributed by atoms with Crippen LogP contribution >= 0.6 is 12.2 Å². The Labute approximate surface area is 80.0 Å². The Morgan fingerprint density at radius 3 is 2.58 bits per heavy atom. The molecule has 0 amide bonds. The highest BCUT2D eigenvalue weighted by atomic mass is 32.1. The Morgan fingerprint density at radius 1 is 1.58 bits per heavy atom. The van der Waals surface area contributed by atoms with Crippen molar-refractivity contribution in [2.24, 2.45) is 16.7 Å². The smallest absolute Gasteiger partial charge is 0.0249 e. The lowest BCUT2D eigenvalue weighted by Gasteiger charge is -2.63. The maximum Gasteiger partial charge on any atom is 0.0249 e. The highest BCUT2D eigenvalue weighted by Gasteiger charge is 2.60. The van der Waals surface area contributed by atoms with E-state index in [4.69, 9.17) is 12.2 Å². The summed E-state index contributed by atoms with van der Waals surface area (Å²) in [5.41, 5.74) is 2.20. The Morgan fingerprint density at radius 2 is 2.25 bits per heavy atom. The molecule has 0 aromatic heterocycles. The average Bonchev–Trinajstić information content (AvgIpc) is 2.04. The van der Waals surface area contributed by atoms with Gasteiger partial charge in [-0.15, -0.1) is 0 Å². The van der Waals surface area contributed by atoms with E-state index in [2.05, 4.69) is 26.8 Å². The van der Waals surface area contributed by atoms with Crippen LogP contribution in [0, 0.1) is 16.7 Å². The van der Waals surface area contributed by atoms with E-state index in [0.717, 1.165) is 5.92 Å². The molecule has 0 radical (unpaired) electrons. The second kappa shape index (κ2) is 2.20. The van der Waals surface area contributed by atoms with Gasteiger partial charge in [-0.1, -0.05) is 37.7 Å². The first-order valence-corrected chi connectivity index (χ1v) is 5.15. The zero-order valence-corrected chi connectivity index (χ0v) is 8.87. The van der Waals surface area contributed by atoms with Gasteiger partial charge in [-0.25, -0.2) is 0 Å². The second-order valence-electron chi connectivity index (χ2n) is 4.83. The van der Waals surface area contributed by atoms with E-state index in [9.17, 15) is 0 Å². The summed E-state index contributed by atoms with van der Waals surface area (Å²) in [6.45, 7) is 6.96. The fourth-order valence-electron chi connectivity index (χ4n) is 2.98. The molecule has 0 spiro atoms. The number of thiocarbonyl (C=S) groups is 1. The molecule has 0 N–H and O–H groups in total. The molecular weight excluding hydrogens is 164 g/mol. The molecule has 2 unspecified atom stereocenters. The van der Waals surface area contributed by atoms with Gasteiger partial charge >= 0.3 is 0 Å². The third kappa shape index (κ3) is 0.670. The molecule has 1 fully saturated rings. The molecule has 12 heavy (non-hydrogen) atoms. The van der Waals surface area contributed by atoms with E-state index in [0.29, 0.717) is 5.41 Å². The average molecular weight is 180 g/mol. The SMILES string of the molecule is CC1=CCC2CC1(C=S)C2(C)C. The van der Waals surface area contributed by atoms with Crippen molar-refractivity contribution in [2.75, 3.05) is 0 Å². The van der Waals surface area contributed by atoms with Gasteiger partial charge in [0.1, 0.15) is 0 Å². The van der Waals surface area contributed by atoms with Gasteiger partial charge in [0.2, 0.25) is 0 Å². The third-order valence-electron chi connectivity index (χ3n) is 4.35. The molecule has 0 aromatic rings. The summed E-state index contributed by atoms with van der Waals surface area (Å²) < 4.78 is 0. The van der Waals surface area contributed by atoms with Crippen molar-refractivity contribution in [3.8, 4) is 0 Å². The van der Waals surface area contributed by atoms with Gasteiger partial charge < -0.3 is 0 Å². The number of allylic oxidation sites excluding steroid dienone is 2. The van der Waals surface area contributed by atoms with E-state index in [-0.39, 0.29) is 5.41 Å². The molecule has 2 atom stereocenters. The van der Waals surface area contributed by atoms with Gasteiger partial charge in [0.25, 0.3) is 0 Å². The molecule has 1 saturated carbocycles. The number of hydrogen-bond donors (Lipinski definition) is 0. The maximum absolute atomic E-state index is 5.18. The van der Waals surface area contributed by atoms with Gasteiger partial charge in [-0.3, -0.25) is 0 Å².